The minimum absolute atomic E-state index is 0.701. The van der Waals surface area contributed by atoms with E-state index in [0.717, 1.165) is 55.5 Å². The molecule has 0 fully saturated rings. The van der Waals surface area contributed by atoms with Gasteiger partial charge in [0.05, 0.1) is 16.9 Å². The van der Waals surface area contributed by atoms with Gasteiger partial charge in [-0.25, -0.2) is 9.97 Å². The predicted octanol–water partition coefficient (Wildman–Crippen LogP) is 15.0. The Labute approximate surface area is 348 Å². The molecule has 0 radical (unpaired) electrons. The molecule has 0 saturated heterocycles. The molecule has 0 aliphatic heterocycles. The summed E-state index contributed by atoms with van der Waals surface area (Å²) in [6.45, 7) is 0. The van der Waals surface area contributed by atoms with E-state index in [1.807, 2.05) is 18.3 Å². The van der Waals surface area contributed by atoms with Gasteiger partial charge in [-0.15, -0.1) is 0 Å². The van der Waals surface area contributed by atoms with Crippen LogP contribution in [0.25, 0.3) is 122 Å². The fourth-order valence-corrected chi connectivity index (χ4v) is 9.45. The van der Waals surface area contributed by atoms with Gasteiger partial charge >= 0.3 is 0 Å². The van der Waals surface area contributed by atoms with Crippen LogP contribution in [-0.2, 0) is 0 Å². The fraction of sp³-hybridized carbons (Fsp3) is 0. The topological polar surface area (TPSA) is 38.7 Å². The van der Waals surface area contributed by atoms with Crippen molar-refractivity contribution in [1.82, 2.24) is 15.0 Å². The second-order valence-electron chi connectivity index (χ2n) is 15.4. The van der Waals surface area contributed by atoms with Crippen molar-refractivity contribution in [1.29, 1.82) is 0 Å². The number of fused-ring (bicyclic) bond motifs is 5. The van der Waals surface area contributed by atoms with Crippen LogP contribution in [0.3, 0.4) is 0 Å². The molecule has 0 bridgehead atoms. The zero-order valence-corrected chi connectivity index (χ0v) is 32.5. The van der Waals surface area contributed by atoms with Gasteiger partial charge in [0.2, 0.25) is 0 Å². The highest BCUT2D eigenvalue weighted by Gasteiger charge is 2.31. The van der Waals surface area contributed by atoms with Crippen LogP contribution in [0.4, 0.5) is 0 Å². The van der Waals surface area contributed by atoms with Crippen LogP contribution in [0, 0.1) is 0 Å². The van der Waals surface area contributed by atoms with Crippen LogP contribution in [0.1, 0.15) is 0 Å². The van der Waals surface area contributed by atoms with Gasteiger partial charge in [-0.1, -0.05) is 182 Å². The van der Waals surface area contributed by atoms with Gasteiger partial charge < -0.3 is 0 Å². The van der Waals surface area contributed by atoms with Crippen molar-refractivity contribution >= 4 is 32.4 Å². The lowest BCUT2D eigenvalue weighted by Crippen LogP contribution is -1.97. The smallest absolute Gasteiger partial charge is 0.161 e. The number of hydrogen-bond donors (Lipinski definition) is 0. The highest BCUT2D eigenvalue weighted by molar-refractivity contribution is 6.28. The second-order valence-corrected chi connectivity index (χ2v) is 15.4. The third-order valence-electron chi connectivity index (χ3n) is 12.1. The first-order valence-corrected chi connectivity index (χ1v) is 20.4. The average Bonchev–Trinajstić information content (AvgIpc) is 3.66. The molecule has 0 atom stereocenters. The van der Waals surface area contributed by atoms with E-state index in [9.17, 15) is 0 Å². The molecule has 11 aromatic rings. The quantitative estimate of drug-likeness (QED) is 0.169. The molecule has 3 heteroatoms. The van der Waals surface area contributed by atoms with Crippen molar-refractivity contribution in [2.24, 2.45) is 0 Å². The van der Waals surface area contributed by atoms with E-state index in [1.165, 1.54) is 60.7 Å². The SMILES string of the molecule is c1ccc(-c2cc(-c3ccc(-c4ccnc5ccccc45)cc3)nc(-c3ccc4c5c(cccc35)-c3c-4c(-c4ccccc4)c4ccccc4c3-c3ccccc3)n2)cc1. The third kappa shape index (κ3) is 5.40. The van der Waals surface area contributed by atoms with Gasteiger partial charge in [0.1, 0.15) is 0 Å². The van der Waals surface area contributed by atoms with Crippen molar-refractivity contribution in [3.63, 3.8) is 0 Å². The zero-order chi connectivity index (χ0) is 39.6. The van der Waals surface area contributed by atoms with Crippen LogP contribution < -0.4 is 0 Å². The minimum Gasteiger partial charge on any atom is -0.256 e. The predicted molar refractivity (Wildman–Crippen MR) is 249 cm³/mol. The van der Waals surface area contributed by atoms with E-state index >= 15 is 0 Å². The molecule has 0 N–H and O–H groups in total. The molecule has 2 aromatic heterocycles. The van der Waals surface area contributed by atoms with E-state index < -0.39 is 0 Å². The summed E-state index contributed by atoms with van der Waals surface area (Å²) >= 11 is 0. The van der Waals surface area contributed by atoms with Crippen LogP contribution in [0.5, 0.6) is 0 Å². The number of benzene rings is 9. The Morgan fingerprint density at radius 1 is 0.283 bits per heavy atom. The Balaban J connectivity index is 1.08. The molecule has 60 heavy (non-hydrogen) atoms. The lowest BCUT2D eigenvalue weighted by Gasteiger charge is -2.20. The van der Waals surface area contributed by atoms with Crippen LogP contribution in [0.15, 0.2) is 212 Å². The molecular formula is C57H35N3. The molecule has 0 spiro atoms. The number of rotatable bonds is 6. The Bertz CT molecular complexity index is 3350. The summed E-state index contributed by atoms with van der Waals surface area (Å²) in [6, 6.07) is 73.7. The van der Waals surface area contributed by atoms with Crippen LogP contribution in [-0.4, -0.2) is 15.0 Å². The normalized spacial score (nSPS) is 11.7. The highest BCUT2D eigenvalue weighted by Crippen LogP contribution is 2.58. The molecule has 0 saturated carbocycles. The average molecular weight is 762 g/mol. The number of para-hydroxylation sites is 1. The van der Waals surface area contributed by atoms with Crippen LogP contribution in [0.2, 0.25) is 0 Å². The highest BCUT2D eigenvalue weighted by atomic mass is 14.9. The first kappa shape index (κ1) is 34.1. The van der Waals surface area contributed by atoms with E-state index in [0.29, 0.717) is 5.82 Å². The van der Waals surface area contributed by atoms with E-state index in [2.05, 4.69) is 199 Å². The molecule has 9 aromatic carbocycles. The van der Waals surface area contributed by atoms with Crippen molar-refractivity contribution in [3.05, 3.63) is 212 Å². The van der Waals surface area contributed by atoms with E-state index in [4.69, 9.17) is 9.97 Å². The molecule has 1 aliphatic carbocycles. The minimum atomic E-state index is 0.701. The van der Waals surface area contributed by atoms with Crippen LogP contribution >= 0.6 is 0 Å². The molecule has 0 unspecified atom stereocenters. The first-order valence-electron chi connectivity index (χ1n) is 20.4. The van der Waals surface area contributed by atoms with E-state index in [1.54, 1.807) is 0 Å². The maximum atomic E-state index is 5.38. The summed E-state index contributed by atoms with van der Waals surface area (Å²) in [5.41, 5.74) is 18.1. The molecule has 12 rings (SSSR count). The van der Waals surface area contributed by atoms with Gasteiger partial charge in [0.15, 0.2) is 5.82 Å². The molecule has 3 nitrogen and oxygen atoms in total. The number of hydrogen-bond acceptors (Lipinski definition) is 3. The van der Waals surface area contributed by atoms with Gasteiger partial charge in [-0.2, -0.15) is 0 Å². The third-order valence-corrected chi connectivity index (χ3v) is 12.1. The standard InChI is InChI=1S/C57H35N3/c1-4-15-37(16-5-1)50-35-51(38-29-27-36(28-30-38)41-33-34-58-49-26-13-12-21-42(41)49)60-57(59-50)46-31-32-48-54-45(46)24-14-25-47(54)55-52(39-17-6-2-7-18-39)43-22-10-11-23-44(43)53(56(48)55)40-19-8-3-9-20-40/h1-35H. The Morgan fingerprint density at radius 3 is 1.40 bits per heavy atom. The molecule has 2 heterocycles. The number of nitrogens with zero attached hydrogens (tertiary/aromatic N) is 3. The lowest BCUT2D eigenvalue weighted by molar-refractivity contribution is 1.19. The van der Waals surface area contributed by atoms with Gasteiger partial charge in [0.25, 0.3) is 0 Å². The zero-order valence-electron chi connectivity index (χ0n) is 32.5. The molecule has 1 aliphatic rings. The van der Waals surface area contributed by atoms with Crippen molar-refractivity contribution in [2.45, 2.75) is 0 Å². The monoisotopic (exact) mass is 761 g/mol. The lowest BCUT2D eigenvalue weighted by atomic mass is 9.82. The number of aromatic nitrogens is 3. The molecule has 0 amide bonds. The first-order chi connectivity index (χ1) is 29.8. The Kier molecular flexibility index (Phi) is 7.85. The summed E-state index contributed by atoms with van der Waals surface area (Å²) in [5, 5.41) is 6.01. The van der Waals surface area contributed by atoms with Gasteiger partial charge in [-0.3, -0.25) is 4.98 Å². The summed E-state index contributed by atoms with van der Waals surface area (Å²) in [4.78, 5) is 15.3. The Morgan fingerprint density at radius 2 is 0.767 bits per heavy atom. The maximum Gasteiger partial charge on any atom is 0.161 e. The summed E-state index contributed by atoms with van der Waals surface area (Å²) < 4.78 is 0. The van der Waals surface area contributed by atoms with Crippen molar-refractivity contribution in [3.8, 4) is 89.5 Å². The number of pyridine rings is 1. The maximum absolute atomic E-state index is 5.38. The summed E-state index contributed by atoms with van der Waals surface area (Å²) in [5.74, 6) is 0.701. The Hall–Kier alpha value is -8.01. The van der Waals surface area contributed by atoms with Crippen molar-refractivity contribution < 1.29 is 0 Å². The second kappa shape index (κ2) is 13.8. The summed E-state index contributed by atoms with van der Waals surface area (Å²) in [6.07, 6.45) is 1.89. The molecular weight excluding hydrogens is 727 g/mol. The van der Waals surface area contributed by atoms with Crippen molar-refractivity contribution in [2.75, 3.05) is 0 Å². The largest absolute Gasteiger partial charge is 0.256 e. The molecule has 278 valence electrons. The van der Waals surface area contributed by atoms with Gasteiger partial charge in [-0.05, 0) is 101 Å². The van der Waals surface area contributed by atoms with E-state index in [-0.39, 0.29) is 0 Å². The summed E-state index contributed by atoms with van der Waals surface area (Å²) in [7, 11) is 0. The fourth-order valence-electron chi connectivity index (χ4n) is 9.45. The van der Waals surface area contributed by atoms with Gasteiger partial charge in [0, 0.05) is 28.3 Å².